The van der Waals surface area contributed by atoms with Crippen LogP contribution in [-0.2, 0) is 4.74 Å². The molecule has 26 heavy (non-hydrogen) atoms. The minimum atomic E-state index is -0.561. The van der Waals surface area contributed by atoms with Crippen LogP contribution in [0.25, 0.3) is 0 Å². The van der Waals surface area contributed by atoms with Gasteiger partial charge < -0.3 is 10.1 Å². The average molecular weight is 376 g/mol. The predicted molar refractivity (Wildman–Crippen MR) is 94.9 cm³/mol. The topological polar surface area (TPSA) is 81.5 Å². The smallest absolute Gasteiger partial charge is 0.270 e. The Morgan fingerprint density at radius 1 is 1.31 bits per heavy atom. The van der Waals surface area contributed by atoms with Gasteiger partial charge in [-0.1, -0.05) is 23.9 Å². The maximum Gasteiger partial charge on any atom is 0.270 e. The maximum absolute atomic E-state index is 13.9. The molecule has 1 aliphatic rings. The number of hydrogen-bond donors (Lipinski definition) is 1. The largest absolute Gasteiger partial charge is 0.376 e. The number of benzene rings is 2. The van der Waals surface area contributed by atoms with Crippen molar-refractivity contribution in [2.75, 3.05) is 13.2 Å². The molecule has 1 N–H and O–H groups in total. The Bertz CT molecular complexity index is 825. The number of carbonyl (C=O) groups is 1. The zero-order valence-electron chi connectivity index (χ0n) is 13.8. The van der Waals surface area contributed by atoms with Crippen molar-refractivity contribution >= 4 is 23.4 Å². The van der Waals surface area contributed by atoms with Gasteiger partial charge in [-0.25, -0.2) is 4.39 Å². The molecule has 0 bridgehead atoms. The van der Waals surface area contributed by atoms with E-state index in [4.69, 9.17) is 4.74 Å². The lowest BCUT2D eigenvalue weighted by atomic mass is 10.1. The second-order valence-electron chi connectivity index (χ2n) is 5.82. The number of non-ortho nitro benzene ring substituents is 1. The van der Waals surface area contributed by atoms with Crippen LogP contribution in [0.5, 0.6) is 0 Å². The molecular formula is C18H17FN2O4S. The number of amides is 1. The number of rotatable bonds is 6. The molecule has 8 heteroatoms. The number of nitro groups is 1. The molecule has 1 aliphatic heterocycles. The van der Waals surface area contributed by atoms with E-state index in [1.165, 1.54) is 24.3 Å². The van der Waals surface area contributed by atoms with Crippen LogP contribution in [0.2, 0.25) is 0 Å². The van der Waals surface area contributed by atoms with Crippen molar-refractivity contribution in [2.24, 2.45) is 0 Å². The SMILES string of the molecule is O=C(NC[C@H]1CCCO1)c1cc([N+](=O)[O-])ccc1Sc1ccccc1F. The van der Waals surface area contributed by atoms with Crippen molar-refractivity contribution in [3.63, 3.8) is 0 Å². The van der Waals surface area contributed by atoms with E-state index < -0.39 is 16.6 Å². The lowest BCUT2D eigenvalue weighted by molar-refractivity contribution is -0.384. The first-order valence-electron chi connectivity index (χ1n) is 8.15. The molecule has 0 aromatic heterocycles. The van der Waals surface area contributed by atoms with E-state index in [0.717, 1.165) is 24.6 Å². The lowest BCUT2D eigenvalue weighted by Gasteiger charge is -2.13. The van der Waals surface area contributed by atoms with Crippen molar-refractivity contribution in [3.05, 3.63) is 64.0 Å². The van der Waals surface area contributed by atoms with Crippen LogP contribution in [0.4, 0.5) is 10.1 Å². The molecule has 1 atom stereocenters. The monoisotopic (exact) mass is 376 g/mol. The minimum absolute atomic E-state index is 0.0414. The molecule has 1 saturated heterocycles. The first-order chi connectivity index (χ1) is 12.5. The fourth-order valence-corrected chi connectivity index (χ4v) is 3.60. The first kappa shape index (κ1) is 18.3. The molecule has 2 aromatic carbocycles. The lowest BCUT2D eigenvalue weighted by Crippen LogP contribution is -2.32. The van der Waals surface area contributed by atoms with Gasteiger partial charge in [0.2, 0.25) is 0 Å². The molecule has 1 amide bonds. The summed E-state index contributed by atoms with van der Waals surface area (Å²) >= 11 is 1.06. The van der Waals surface area contributed by atoms with Gasteiger partial charge in [-0.3, -0.25) is 14.9 Å². The van der Waals surface area contributed by atoms with E-state index >= 15 is 0 Å². The van der Waals surface area contributed by atoms with Gasteiger partial charge in [0.15, 0.2) is 0 Å². The van der Waals surface area contributed by atoms with Gasteiger partial charge in [0.05, 0.1) is 16.6 Å². The summed E-state index contributed by atoms with van der Waals surface area (Å²) in [6.07, 6.45) is 1.78. The zero-order valence-corrected chi connectivity index (χ0v) is 14.6. The molecule has 136 valence electrons. The Kier molecular flexibility index (Phi) is 5.85. The Balaban J connectivity index is 1.84. The summed E-state index contributed by atoms with van der Waals surface area (Å²) in [5, 5.41) is 13.8. The standard InChI is InChI=1S/C18H17FN2O4S/c19-15-5-1-2-6-17(15)26-16-8-7-12(21(23)24)10-14(16)18(22)20-11-13-4-3-9-25-13/h1-2,5-8,10,13H,3-4,9,11H2,(H,20,22)/t13-/m1/s1. The van der Waals surface area contributed by atoms with Gasteiger partial charge in [-0.2, -0.15) is 0 Å². The molecule has 0 saturated carbocycles. The van der Waals surface area contributed by atoms with E-state index in [0.29, 0.717) is 22.9 Å². The van der Waals surface area contributed by atoms with Gasteiger partial charge >= 0.3 is 0 Å². The van der Waals surface area contributed by atoms with Crippen LogP contribution in [0.3, 0.4) is 0 Å². The fraction of sp³-hybridized carbons (Fsp3) is 0.278. The third kappa shape index (κ3) is 4.39. The molecule has 0 spiro atoms. The van der Waals surface area contributed by atoms with E-state index in [9.17, 15) is 19.3 Å². The van der Waals surface area contributed by atoms with Crippen LogP contribution in [-0.4, -0.2) is 30.1 Å². The van der Waals surface area contributed by atoms with Crippen LogP contribution < -0.4 is 5.32 Å². The molecule has 0 aliphatic carbocycles. The summed E-state index contributed by atoms with van der Waals surface area (Å²) in [7, 11) is 0. The number of ether oxygens (including phenoxy) is 1. The first-order valence-corrected chi connectivity index (χ1v) is 8.97. The summed E-state index contributed by atoms with van der Waals surface area (Å²) in [6, 6.07) is 10.2. The minimum Gasteiger partial charge on any atom is -0.376 e. The molecule has 3 rings (SSSR count). The number of nitrogens with one attached hydrogen (secondary N) is 1. The van der Waals surface area contributed by atoms with Crippen molar-refractivity contribution in [1.29, 1.82) is 0 Å². The quantitative estimate of drug-likeness (QED) is 0.613. The summed E-state index contributed by atoms with van der Waals surface area (Å²) in [6.45, 7) is 1.01. The molecule has 6 nitrogen and oxygen atoms in total. The summed E-state index contributed by atoms with van der Waals surface area (Å²) in [5.74, 6) is -0.857. The highest BCUT2D eigenvalue weighted by atomic mass is 32.2. The number of hydrogen-bond acceptors (Lipinski definition) is 5. The molecule has 0 unspecified atom stereocenters. The van der Waals surface area contributed by atoms with Gasteiger partial charge in [0.1, 0.15) is 5.82 Å². The Morgan fingerprint density at radius 3 is 2.81 bits per heavy atom. The van der Waals surface area contributed by atoms with E-state index in [1.807, 2.05) is 0 Å². The summed E-state index contributed by atoms with van der Waals surface area (Å²) < 4.78 is 19.4. The third-order valence-corrected chi connectivity index (χ3v) is 5.12. The van der Waals surface area contributed by atoms with Gasteiger partial charge in [-0.15, -0.1) is 0 Å². The van der Waals surface area contributed by atoms with Gasteiger partial charge in [-0.05, 0) is 31.0 Å². The molecule has 1 fully saturated rings. The van der Waals surface area contributed by atoms with E-state index in [1.54, 1.807) is 18.2 Å². The normalized spacial score (nSPS) is 16.4. The summed E-state index contributed by atoms with van der Waals surface area (Å²) in [4.78, 5) is 23.9. The molecular weight excluding hydrogens is 359 g/mol. The molecule has 1 heterocycles. The predicted octanol–water partition coefficient (Wildman–Crippen LogP) is 3.79. The number of nitrogens with zero attached hydrogens (tertiary/aromatic N) is 1. The van der Waals surface area contributed by atoms with Crippen molar-refractivity contribution in [2.45, 2.75) is 28.7 Å². The number of halogens is 1. The Morgan fingerprint density at radius 2 is 2.12 bits per heavy atom. The van der Waals surface area contributed by atoms with Crippen LogP contribution in [0.1, 0.15) is 23.2 Å². The van der Waals surface area contributed by atoms with Gasteiger partial charge in [0.25, 0.3) is 11.6 Å². The maximum atomic E-state index is 13.9. The van der Waals surface area contributed by atoms with Crippen LogP contribution in [0.15, 0.2) is 52.3 Å². The highest BCUT2D eigenvalue weighted by molar-refractivity contribution is 7.99. The highest BCUT2D eigenvalue weighted by Crippen LogP contribution is 2.34. The molecule has 2 aromatic rings. The Labute approximate surface area is 153 Å². The van der Waals surface area contributed by atoms with E-state index in [-0.39, 0.29) is 17.4 Å². The van der Waals surface area contributed by atoms with Crippen molar-refractivity contribution in [1.82, 2.24) is 5.32 Å². The fourth-order valence-electron chi connectivity index (χ4n) is 2.65. The zero-order chi connectivity index (χ0) is 18.5. The van der Waals surface area contributed by atoms with Crippen LogP contribution in [0, 0.1) is 15.9 Å². The second kappa shape index (κ2) is 8.29. The number of nitro benzene ring substituents is 1. The molecule has 0 radical (unpaired) electrons. The van der Waals surface area contributed by atoms with Crippen molar-refractivity contribution in [3.8, 4) is 0 Å². The highest BCUT2D eigenvalue weighted by Gasteiger charge is 2.21. The van der Waals surface area contributed by atoms with Crippen LogP contribution >= 0.6 is 11.8 Å². The number of carbonyl (C=O) groups excluding carboxylic acids is 1. The van der Waals surface area contributed by atoms with E-state index in [2.05, 4.69) is 5.32 Å². The van der Waals surface area contributed by atoms with Gasteiger partial charge in [0, 0.05) is 35.1 Å². The Hall–Kier alpha value is -2.45. The second-order valence-corrected chi connectivity index (χ2v) is 6.90. The third-order valence-electron chi connectivity index (χ3n) is 3.99. The van der Waals surface area contributed by atoms with Crippen molar-refractivity contribution < 1.29 is 18.8 Å². The average Bonchev–Trinajstić information content (AvgIpc) is 3.15. The summed E-state index contributed by atoms with van der Waals surface area (Å²) in [5.41, 5.74) is -0.0457.